The van der Waals surface area contributed by atoms with Gasteiger partial charge in [0.05, 0.1) is 24.5 Å². The fraction of sp³-hybridized carbons (Fsp3) is 0.375. The van der Waals surface area contributed by atoms with Crippen LogP contribution in [0.15, 0.2) is 12.3 Å². The van der Waals surface area contributed by atoms with Crippen LogP contribution >= 0.6 is 0 Å². The summed E-state index contributed by atoms with van der Waals surface area (Å²) in [7, 11) is 1.56. The summed E-state index contributed by atoms with van der Waals surface area (Å²) in [5.41, 5.74) is 0.0198. The summed E-state index contributed by atoms with van der Waals surface area (Å²) in [6.07, 6.45) is 0.915. The second-order valence-corrected chi connectivity index (χ2v) is 2.54. The highest BCUT2D eigenvalue weighted by atomic mass is 19.1. The Morgan fingerprint density at radius 1 is 1.62 bits per heavy atom. The Morgan fingerprint density at radius 2 is 2.31 bits per heavy atom. The maximum absolute atomic E-state index is 13.0. The molecule has 13 heavy (non-hydrogen) atoms. The summed E-state index contributed by atoms with van der Waals surface area (Å²) >= 11 is 0. The van der Waals surface area contributed by atoms with E-state index < -0.39 is 17.7 Å². The Kier molecular flexibility index (Phi) is 3.27. The number of halogens is 2. The molecular weight excluding hydrogens is 178 g/mol. The van der Waals surface area contributed by atoms with Crippen LogP contribution in [0.4, 0.5) is 8.78 Å². The molecule has 0 aliphatic heterocycles. The summed E-state index contributed by atoms with van der Waals surface area (Å²) < 4.78 is 25.5. The zero-order chi connectivity index (χ0) is 9.84. The number of nitrogens with one attached hydrogen (secondary N) is 1. The molecule has 3 nitrogen and oxygen atoms in total. The standard InChI is InChI=1S/C8H10F2N2O/c1-11-7(4-13)8-6(10)2-5(9)3-12-8/h2-3,7,11,13H,4H2,1H3/t7-/m1/s1. The highest BCUT2D eigenvalue weighted by Crippen LogP contribution is 2.13. The predicted molar refractivity (Wildman–Crippen MR) is 43.0 cm³/mol. The molecule has 72 valence electrons. The molecule has 1 aromatic heterocycles. The molecule has 5 heteroatoms. The van der Waals surface area contributed by atoms with Gasteiger partial charge in [0.2, 0.25) is 0 Å². The number of aliphatic hydroxyl groups is 1. The van der Waals surface area contributed by atoms with Crippen molar-refractivity contribution in [3.63, 3.8) is 0 Å². The van der Waals surface area contributed by atoms with Gasteiger partial charge >= 0.3 is 0 Å². The van der Waals surface area contributed by atoms with Gasteiger partial charge in [0.25, 0.3) is 0 Å². The number of hydrogen-bond donors (Lipinski definition) is 2. The van der Waals surface area contributed by atoms with Gasteiger partial charge in [-0.25, -0.2) is 8.78 Å². The van der Waals surface area contributed by atoms with Gasteiger partial charge in [-0.3, -0.25) is 4.98 Å². The minimum Gasteiger partial charge on any atom is -0.394 e. The number of aliphatic hydroxyl groups excluding tert-OH is 1. The minimum atomic E-state index is -0.756. The van der Waals surface area contributed by atoms with Crippen LogP contribution in [-0.4, -0.2) is 23.7 Å². The zero-order valence-corrected chi connectivity index (χ0v) is 7.09. The smallest absolute Gasteiger partial charge is 0.149 e. The molecule has 0 saturated carbocycles. The van der Waals surface area contributed by atoms with Gasteiger partial charge in [0, 0.05) is 6.07 Å². The Labute approximate surface area is 74.4 Å². The van der Waals surface area contributed by atoms with E-state index in [4.69, 9.17) is 5.11 Å². The SMILES string of the molecule is CN[C@H](CO)c1ncc(F)cc1F. The molecule has 2 N–H and O–H groups in total. The van der Waals surface area contributed by atoms with Gasteiger partial charge < -0.3 is 10.4 Å². The first-order valence-electron chi connectivity index (χ1n) is 3.78. The highest BCUT2D eigenvalue weighted by Gasteiger charge is 2.14. The lowest BCUT2D eigenvalue weighted by atomic mass is 10.2. The fourth-order valence-electron chi connectivity index (χ4n) is 0.996. The summed E-state index contributed by atoms with van der Waals surface area (Å²) in [6.45, 7) is -0.286. The second-order valence-electron chi connectivity index (χ2n) is 2.54. The van der Waals surface area contributed by atoms with Crippen molar-refractivity contribution in [2.75, 3.05) is 13.7 Å². The third-order valence-electron chi connectivity index (χ3n) is 1.70. The Balaban J connectivity index is 2.99. The zero-order valence-electron chi connectivity index (χ0n) is 7.09. The third-order valence-corrected chi connectivity index (χ3v) is 1.70. The van der Waals surface area contributed by atoms with E-state index in [0.717, 1.165) is 12.3 Å². The van der Waals surface area contributed by atoms with E-state index in [-0.39, 0.29) is 12.3 Å². The average Bonchev–Trinajstić information content (AvgIpc) is 2.10. The largest absolute Gasteiger partial charge is 0.394 e. The van der Waals surface area contributed by atoms with Crippen LogP contribution in [0.3, 0.4) is 0 Å². The number of rotatable bonds is 3. The van der Waals surface area contributed by atoms with Crippen LogP contribution in [0, 0.1) is 11.6 Å². The Hall–Kier alpha value is -1.07. The molecule has 0 saturated heterocycles. The van der Waals surface area contributed by atoms with Crippen molar-refractivity contribution < 1.29 is 13.9 Å². The second kappa shape index (κ2) is 4.25. The van der Waals surface area contributed by atoms with Crippen molar-refractivity contribution in [2.24, 2.45) is 0 Å². The monoisotopic (exact) mass is 188 g/mol. The summed E-state index contributed by atoms with van der Waals surface area (Å²) in [5.74, 6) is -1.48. The molecule has 1 aromatic rings. The maximum atomic E-state index is 13.0. The van der Waals surface area contributed by atoms with Crippen molar-refractivity contribution in [1.82, 2.24) is 10.3 Å². The van der Waals surface area contributed by atoms with Gasteiger partial charge in [0.15, 0.2) is 0 Å². The maximum Gasteiger partial charge on any atom is 0.149 e. The summed E-state index contributed by atoms with van der Waals surface area (Å²) in [5, 5.41) is 11.5. The molecule has 0 bridgehead atoms. The van der Waals surface area contributed by atoms with Gasteiger partial charge in [-0.05, 0) is 7.05 Å². The molecule has 1 heterocycles. The van der Waals surface area contributed by atoms with Crippen LogP contribution in [0.25, 0.3) is 0 Å². The number of pyridine rings is 1. The lowest BCUT2D eigenvalue weighted by Gasteiger charge is -2.12. The van der Waals surface area contributed by atoms with Gasteiger partial charge in [0.1, 0.15) is 11.6 Å². The van der Waals surface area contributed by atoms with Crippen molar-refractivity contribution in [2.45, 2.75) is 6.04 Å². The topological polar surface area (TPSA) is 45.1 Å². The van der Waals surface area contributed by atoms with Crippen molar-refractivity contribution in [3.8, 4) is 0 Å². The Bertz CT molecular complexity index is 289. The lowest BCUT2D eigenvalue weighted by Crippen LogP contribution is -2.22. The highest BCUT2D eigenvalue weighted by molar-refractivity contribution is 5.12. The van der Waals surface area contributed by atoms with Gasteiger partial charge in [-0.2, -0.15) is 0 Å². The fourth-order valence-corrected chi connectivity index (χ4v) is 0.996. The number of hydrogen-bond acceptors (Lipinski definition) is 3. The van der Waals surface area contributed by atoms with E-state index in [2.05, 4.69) is 10.3 Å². The predicted octanol–water partition coefficient (Wildman–Crippen LogP) is 0.613. The quantitative estimate of drug-likeness (QED) is 0.730. The van der Waals surface area contributed by atoms with Crippen molar-refractivity contribution >= 4 is 0 Å². The van der Waals surface area contributed by atoms with E-state index in [0.29, 0.717) is 0 Å². The average molecular weight is 188 g/mol. The molecule has 0 amide bonds. The molecule has 0 aliphatic rings. The molecule has 0 aromatic carbocycles. The molecule has 1 rings (SSSR count). The van der Waals surface area contributed by atoms with Crippen LogP contribution in [0.5, 0.6) is 0 Å². The normalized spacial score (nSPS) is 12.9. The van der Waals surface area contributed by atoms with E-state index >= 15 is 0 Å². The first-order valence-corrected chi connectivity index (χ1v) is 3.78. The molecule has 0 spiro atoms. The number of nitrogens with zero attached hydrogens (tertiary/aromatic N) is 1. The summed E-state index contributed by atoms with van der Waals surface area (Å²) in [6, 6.07) is 0.142. The van der Waals surface area contributed by atoms with E-state index in [1.807, 2.05) is 0 Å². The van der Waals surface area contributed by atoms with Crippen molar-refractivity contribution in [1.29, 1.82) is 0 Å². The van der Waals surface area contributed by atoms with Gasteiger partial charge in [-0.1, -0.05) is 0 Å². The lowest BCUT2D eigenvalue weighted by molar-refractivity contribution is 0.245. The third kappa shape index (κ3) is 2.19. The first kappa shape index (κ1) is 10.0. The van der Waals surface area contributed by atoms with Crippen LogP contribution < -0.4 is 5.32 Å². The number of aromatic nitrogens is 1. The summed E-state index contributed by atoms with van der Waals surface area (Å²) in [4.78, 5) is 3.55. The molecule has 0 aliphatic carbocycles. The molecular formula is C8H10F2N2O. The van der Waals surface area contributed by atoms with E-state index in [9.17, 15) is 8.78 Å². The van der Waals surface area contributed by atoms with Gasteiger partial charge in [-0.15, -0.1) is 0 Å². The molecule has 0 unspecified atom stereocenters. The van der Waals surface area contributed by atoms with E-state index in [1.54, 1.807) is 7.05 Å². The van der Waals surface area contributed by atoms with E-state index in [1.165, 1.54) is 0 Å². The minimum absolute atomic E-state index is 0.0198. The van der Waals surface area contributed by atoms with Crippen LogP contribution in [-0.2, 0) is 0 Å². The molecule has 0 fully saturated rings. The van der Waals surface area contributed by atoms with Crippen LogP contribution in [0.1, 0.15) is 11.7 Å². The van der Waals surface area contributed by atoms with Crippen LogP contribution in [0.2, 0.25) is 0 Å². The Morgan fingerprint density at radius 3 is 2.77 bits per heavy atom. The molecule has 0 radical (unpaired) electrons. The molecule has 1 atom stereocenters. The number of likely N-dealkylation sites (N-methyl/N-ethyl adjacent to an activating group) is 1. The van der Waals surface area contributed by atoms with Crippen molar-refractivity contribution in [3.05, 3.63) is 29.6 Å². The first-order chi connectivity index (χ1) is 6.19.